The van der Waals surface area contributed by atoms with Gasteiger partial charge in [0.1, 0.15) is 0 Å². The van der Waals surface area contributed by atoms with Gasteiger partial charge < -0.3 is 21.3 Å². The van der Waals surface area contributed by atoms with E-state index in [4.69, 9.17) is 4.43 Å². The van der Waals surface area contributed by atoms with E-state index in [0.717, 1.165) is 6.61 Å². The molecule has 4 heteroatoms. The van der Waals surface area contributed by atoms with E-state index in [2.05, 4.69) is 27.7 Å². The predicted molar refractivity (Wildman–Crippen MR) is 165 cm³/mol. The number of nitrogens with zero attached hydrogens (tertiary/aromatic N) is 1. The van der Waals surface area contributed by atoms with Crippen LogP contribution >= 0.6 is 0 Å². The van der Waals surface area contributed by atoms with Crippen molar-refractivity contribution in [3.63, 3.8) is 0 Å². The number of quaternary nitrogens is 1. The number of hydrogen-bond acceptors (Lipinski definition) is 1. The lowest BCUT2D eigenvalue weighted by Gasteiger charge is -2.37. The molecule has 37 heavy (non-hydrogen) atoms. The first kappa shape index (κ1) is 39.6. The normalized spacial score (nSPS) is 11.7. The van der Waals surface area contributed by atoms with Gasteiger partial charge in [0.15, 0.2) is 0 Å². The average Bonchev–Trinajstić information content (AvgIpc) is 2.90. The first-order chi connectivity index (χ1) is 17.7. The van der Waals surface area contributed by atoms with E-state index in [-0.39, 0.29) is 12.4 Å². The lowest BCUT2D eigenvalue weighted by Crippen LogP contribution is -3.00. The molecule has 0 saturated heterocycles. The molecule has 0 aliphatic carbocycles. The third-order valence-corrected chi connectivity index (χ3v) is 9.54. The molecule has 0 aromatic heterocycles. The molecule has 2 radical (unpaired) electrons. The van der Waals surface area contributed by atoms with Crippen molar-refractivity contribution in [2.75, 3.05) is 32.8 Å². The van der Waals surface area contributed by atoms with Gasteiger partial charge in [0.2, 0.25) is 9.76 Å². The van der Waals surface area contributed by atoms with Crippen molar-refractivity contribution in [2.45, 2.75) is 181 Å². The highest BCUT2D eigenvalue weighted by atomic mass is 35.5. The third-order valence-electron chi connectivity index (χ3n) is 8.49. The number of hydrogen-bond donors (Lipinski definition) is 0. The average molecular weight is 560 g/mol. The van der Waals surface area contributed by atoms with E-state index in [9.17, 15) is 0 Å². The monoisotopic (exact) mass is 559 g/mol. The molecule has 0 aliphatic heterocycles. The Balaban J connectivity index is 0. The van der Waals surface area contributed by atoms with E-state index in [0.29, 0.717) is 9.76 Å². The molecule has 0 saturated carbocycles. The molecule has 0 amide bonds. The van der Waals surface area contributed by atoms with Gasteiger partial charge in [-0.15, -0.1) is 0 Å². The van der Waals surface area contributed by atoms with Gasteiger partial charge in [0, 0.05) is 6.61 Å². The smallest absolute Gasteiger partial charge is 0.229 e. The number of halogens is 1. The van der Waals surface area contributed by atoms with Crippen LogP contribution in [-0.4, -0.2) is 47.0 Å². The Bertz CT molecular complexity index is 406. The van der Waals surface area contributed by atoms with E-state index in [1.54, 1.807) is 0 Å². The summed E-state index contributed by atoms with van der Waals surface area (Å²) in [6.45, 7) is 15.4. The summed E-state index contributed by atoms with van der Waals surface area (Å²) in [6, 6.07) is 1.26. The summed E-state index contributed by atoms with van der Waals surface area (Å²) in [6.07, 6.45) is 33.6. The van der Waals surface area contributed by atoms with Crippen molar-refractivity contribution in [1.29, 1.82) is 0 Å². The van der Waals surface area contributed by atoms with Crippen LogP contribution < -0.4 is 12.4 Å². The molecule has 0 N–H and O–H groups in total. The fourth-order valence-electron chi connectivity index (χ4n) is 5.68. The van der Waals surface area contributed by atoms with Crippen molar-refractivity contribution in [3.8, 4) is 0 Å². The zero-order chi connectivity index (χ0) is 26.4. The van der Waals surface area contributed by atoms with Gasteiger partial charge in [-0.05, 0) is 46.1 Å². The Kier molecular flexibility index (Phi) is 34.9. The van der Waals surface area contributed by atoms with Gasteiger partial charge in [0.25, 0.3) is 0 Å². The highest BCUT2D eigenvalue weighted by Crippen LogP contribution is 2.16. The number of unbranched alkanes of at least 4 members (excludes halogenated alkanes) is 21. The standard InChI is InChI=1S/C33H70NOSi.ClH/c1-5-9-10-11-12-13-14-15-16-17-18-19-20-21-22-23-24-25-26-27-28-29-31-34(6-2,7-3)32-30-33-36-35-8-4;/h5-33H2,1-4H3;1H/q+1;/p-1. The van der Waals surface area contributed by atoms with E-state index >= 15 is 0 Å². The zero-order valence-corrected chi connectivity index (χ0v) is 28.0. The van der Waals surface area contributed by atoms with Crippen LogP contribution in [0.5, 0.6) is 0 Å². The lowest BCUT2D eigenvalue weighted by atomic mass is 10.0. The molecule has 0 aromatic rings. The molecular formula is C33H70ClNOSi. The van der Waals surface area contributed by atoms with Crippen molar-refractivity contribution < 1.29 is 21.3 Å². The maximum Gasteiger partial charge on any atom is 0.229 e. The van der Waals surface area contributed by atoms with Gasteiger partial charge >= 0.3 is 0 Å². The summed E-state index contributed by atoms with van der Waals surface area (Å²) < 4.78 is 6.88. The molecular weight excluding hydrogens is 490 g/mol. The van der Waals surface area contributed by atoms with Crippen LogP contribution in [0.15, 0.2) is 0 Å². The molecule has 0 bridgehead atoms. The molecule has 0 atom stereocenters. The summed E-state index contributed by atoms with van der Waals surface area (Å²) in [7, 11) is 0.711. The summed E-state index contributed by atoms with van der Waals surface area (Å²) in [5.41, 5.74) is 0. The predicted octanol–water partition coefficient (Wildman–Crippen LogP) is 7.91. The van der Waals surface area contributed by atoms with E-state index < -0.39 is 0 Å². The minimum absolute atomic E-state index is 0. The lowest BCUT2D eigenvalue weighted by molar-refractivity contribution is -0.925. The Hall–Kier alpha value is 0.427. The van der Waals surface area contributed by atoms with Crippen LogP contribution in [0.1, 0.15) is 175 Å². The highest BCUT2D eigenvalue weighted by molar-refractivity contribution is 6.26. The van der Waals surface area contributed by atoms with Crippen LogP contribution in [0.25, 0.3) is 0 Å². The minimum Gasteiger partial charge on any atom is -1.00 e. The van der Waals surface area contributed by atoms with Crippen LogP contribution in [0, 0.1) is 0 Å². The van der Waals surface area contributed by atoms with Crippen molar-refractivity contribution in [1.82, 2.24) is 0 Å². The van der Waals surface area contributed by atoms with Crippen molar-refractivity contribution >= 4 is 9.76 Å². The van der Waals surface area contributed by atoms with Crippen LogP contribution in [-0.2, 0) is 4.43 Å². The minimum atomic E-state index is 0. The van der Waals surface area contributed by atoms with Crippen LogP contribution in [0.4, 0.5) is 0 Å². The maximum absolute atomic E-state index is 5.55. The Morgan fingerprint density at radius 1 is 0.432 bits per heavy atom. The second kappa shape index (κ2) is 32.6. The third kappa shape index (κ3) is 27.8. The highest BCUT2D eigenvalue weighted by Gasteiger charge is 2.21. The van der Waals surface area contributed by atoms with Gasteiger partial charge in [-0.2, -0.15) is 0 Å². The molecule has 224 valence electrons. The molecule has 2 nitrogen and oxygen atoms in total. The fourth-order valence-corrected chi connectivity index (χ4v) is 6.34. The second-order valence-electron chi connectivity index (χ2n) is 11.5. The van der Waals surface area contributed by atoms with E-state index in [1.165, 1.54) is 184 Å². The molecule has 0 unspecified atom stereocenters. The summed E-state index contributed by atoms with van der Waals surface area (Å²) in [4.78, 5) is 0. The SMILES string of the molecule is CCCCCCCCCCCCCCCCCCCCCCCC[N+](CC)(CC)CCC[Si]OCC.[Cl-]. The number of rotatable bonds is 31. The molecule has 0 rings (SSSR count). The summed E-state index contributed by atoms with van der Waals surface area (Å²) >= 11 is 0. The largest absolute Gasteiger partial charge is 1.00 e. The van der Waals surface area contributed by atoms with Crippen LogP contribution in [0.3, 0.4) is 0 Å². The Morgan fingerprint density at radius 2 is 0.757 bits per heavy atom. The quantitative estimate of drug-likeness (QED) is 0.0476. The van der Waals surface area contributed by atoms with Gasteiger partial charge in [-0.3, -0.25) is 0 Å². The molecule has 0 aliphatic rings. The van der Waals surface area contributed by atoms with E-state index in [1.807, 2.05) is 0 Å². The summed E-state index contributed by atoms with van der Waals surface area (Å²) in [5.74, 6) is 0. The van der Waals surface area contributed by atoms with Gasteiger partial charge in [-0.1, -0.05) is 135 Å². The van der Waals surface area contributed by atoms with Gasteiger partial charge in [0.05, 0.1) is 26.2 Å². The first-order valence-corrected chi connectivity index (χ1v) is 18.1. The topological polar surface area (TPSA) is 9.23 Å². The first-order valence-electron chi connectivity index (χ1n) is 16.9. The Labute approximate surface area is 244 Å². The zero-order valence-electron chi connectivity index (χ0n) is 26.2. The van der Waals surface area contributed by atoms with Gasteiger partial charge in [-0.25, -0.2) is 0 Å². The second-order valence-corrected chi connectivity index (χ2v) is 12.6. The van der Waals surface area contributed by atoms with Crippen molar-refractivity contribution in [2.24, 2.45) is 0 Å². The molecule has 0 fully saturated rings. The molecule has 0 heterocycles. The molecule has 0 spiro atoms. The Morgan fingerprint density at radius 3 is 1.08 bits per heavy atom. The van der Waals surface area contributed by atoms with Crippen molar-refractivity contribution in [3.05, 3.63) is 0 Å². The summed E-state index contributed by atoms with van der Waals surface area (Å²) in [5, 5.41) is 0. The molecule has 0 aromatic carbocycles. The maximum atomic E-state index is 5.55. The fraction of sp³-hybridized carbons (Fsp3) is 1.00. The van der Waals surface area contributed by atoms with Crippen LogP contribution in [0.2, 0.25) is 6.04 Å².